The summed E-state index contributed by atoms with van der Waals surface area (Å²) in [7, 11) is 1.52. The van der Waals surface area contributed by atoms with E-state index in [2.05, 4.69) is 0 Å². The van der Waals surface area contributed by atoms with Crippen LogP contribution in [0.25, 0.3) is 0 Å². The van der Waals surface area contributed by atoms with Crippen LogP contribution in [-0.2, 0) is 25.6 Å². The summed E-state index contributed by atoms with van der Waals surface area (Å²) < 4.78 is 23.1. The van der Waals surface area contributed by atoms with Crippen LogP contribution in [-0.4, -0.2) is 49.4 Å². The van der Waals surface area contributed by atoms with Crippen LogP contribution in [0.1, 0.15) is 48.5 Å². The molecule has 174 valence electrons. The van der Waals surface area contributed by atoms with Gasteiger partial charge >= 0.3 is 5.97 Å². The van der Waals surface area contributed by atoms with Gasteiger partial charge in [-0.15, -0.1) is 0 Å². The number of methoxy groups -OCH3 is 1. The highest BCUT2D eigenvalue weighted by Gasteiger charge is 2.46. The van der Waals surface area contributed by atoms with Gasteiger partial charge in [-0.2, -0.15) is 0 Å². The van der Waals surface area contributed by atoms with Gasteiger partial charge in [-0.05, 0) is 37.0 Å². The molecule has 1 aliphatic heterocycles. The van der Waals surface area contributed by atoms with Crippen molar-refractivity contribution in [2.45, 2.75) is 57.2 Å². The maximum atomic E-state index is 12.3. The molecule has 0 saturated carbocycles. The third-order valence-corrected chi connectivity index (χ3v) is 6.02. The van der Waals surface area contributed by atoms with E-state index in [0.29, 0.717) is 18.8 Å². The Kier molecular flexibility index (Phi) is 9.23. The fraction of sp³-hybridized carbons (Fsp3) is 0.500. The van der Waals surface area contributed by atoms with Gasteiger partial charge in [-0.1, -0.05) is 55.5 Å². The van der Waals surface area contributed by atoms with Gasteiger partial charge in [-0.3, -0.25) is 0 Å². The molecule has 1 fully saturated rings. The van der Waals surface area contributed by atoms with E-state index in [1.165, 1.54) is 7.11 Å². The first kappa shape index (κ1) is 24.4. The van der Waals surface area contributed by atoms with E-state index in [-0.39, 0.29) is 25.0 Å². The summed E-state index contributed by atoms with van der Waals surface area (Å²) in [5.74, 6) is -1.62. The number of ether oxygens (including phenoxy) is 4. The molecule has 0 aromatic heterocycles. The minimum Gasteiger partial charge on any atom is -0.456 e. The maximum absolute atomic E-state index is 12.3. The highest BCUT2D eigenvalue weighted by molar-refractivity contribution is 5.89. The Morgan fingerprint density at radius 1 is 1.09 bits per heavy atom. The van der Waals surface area contributed by atoms with Crippen LogP contribution in [0.3, 0.4) is 0 Å². The van der Waals surface area contributed by atoms with E-state index < -0.39 is 17.9 Å². The van der Waals surface area contributed by atoms with Crippen molar-refractivity contribution in [3.8, 4) is 0 Å². The molecule has 0 amide bonds. The van der Waals surface area contributed by atoms with Crippen molar-refractivity contribution in [3.63, 3.8) is 0 Å². The molecular formula is C26H34O6. The zero-order valence-electron chi connectivity index (χ0n) is 18.9. The quantitative estimate of drug-likeness (QED) is 0.412. The zero-order valence-corrected chi connectivity index (χ0v) is 18.9. The molecule has 6 nitrogen and oxygen atoms in total. The number of unbranched alkanes of at least 4 members (excludes halogenated alkanes) is 1. The molecule has 1 saturated heterocycles. The lowest BCUT2D eigenvalue weighted by atomic mass is 9.86. The summed E-state index contributed by atoms with van der Waals surface area (Å²) in [5, 5.41) is 10.6. The zero-order chi connectivity index (χ0) is 22.8. The van der Waals surface area contributed by atoms with Gasteiger partial charge in [0.1, 0.15) is 6.61 Å². The first-order chi connectivity index (χ1) is 15.5. The average molecular weight is 443 g/mol. The monoisotopic (exact) mass is 442 g/mol. The molecule has 1 heterocycles. The summed E-state index contributed by atoms with van der Waals surface area (Å²) in [6.45, 7) is 3.19. The number of hydrogen-bond acceptors (Lipinski definition) is 6. The number of rotatable bonds is 11. The number of carbonyl (C=O) groups is 1. The Bertz CT molecular complexity index is 812. The standard InChI is InChI=1S/C26H34O6/c1-20-23(27)17-26(29-2,19-31-25(28)22-13-7-4-8-14-22)32-24(20)15-9-10-16-30-18-21-11-5-3-6-12-21/h3-8,11-14,20,23-24,27H,9-10,15-19H2,1-2H3/t20-,23-,24-,26-/m1/s1. The summed E-state index contributed by atoms with van der Waals surface area (Å²) in [6, 6.07) is 18.9. The van der Waals surface area contributed by atoms with E-state index >= 15 is 0 Å². The van der Waals surface area contributed by atoms with Crippen molar-refractivity contribution in [2.24, 2.45) is 5.92 Å². The van der Waals surface area contributed by atoms with Crippen LogP contribution in [0.5, 0.6) is 0 Å². The molecule has 0 spiro atoms. The predicted octanol–water partition coefficient (Wildman–Crippen LogP) is 4.36. The van der Waals surface area contributed by atoms with Crippen molar-refractivity contribution in [1.29, 1.82) is 0 Å². The Labute approximate surface area is 190 Å². The summed E-state index contributed by atoms with van der Waals surface area (Å²) in [5.41, 5.74) is 1.63. The largest absolute Gasteiger partial charge is 0.456 e. The fourth-order valence-electron chi connectivity index (χ4n) is 3.94. The Balaban J connectivity index is 1.46. The van der Waals surface area contributed by atoms with Crippen LogP contribution in [0.4, 0.5) is 0 Å². The summed E-state index contributed by atoms with van der Waals surface area (Å²) in [4.78, 5) is 12.3. The molecule has 2 aromatic rings. The lowest BCUT2D eigenvalue weighted by Crippen LogP contribution is -2.54. The lowest BCUT2D eigenvalue weighted by Gasteiger charge is -2.45. The summed E-state index contributed by atoms with van der Waals surface area (Å²) >= 11 is 0. The molecule has 6 heteroatoms. The van der Waals surface area contributed by atoms with E-state index in [1.54, 1.807) is 24.3 Å². The molecular weight excluding hydrogens is 408 g/mol. The van der Waals surface area contributed by atoms with Gasteiger partial charge in [-0.25, -0.2) is 4.79 Å². The van der Waals surface area contributed by atoms with Gasteiger partial charge in [0.05, 0.1) is 24.4 Å². The maximum Gasteiger partial charge on any atom is 0.338 e. The second-order valence-electron chi connectivity index (χ2n) is 8.38. The second-order valence-corrected chi connectivity index (χ2v) is 8.38. The van der Waals surface area contributed by atoms with E-state index in [0.717, 1.165) is 24.8 Å². The van der Waals surface area contributed by atoms with Crippen molar-refractivity contribution in [3.05, 3.63) is 71.8 Å². The number of esters is 1. The average Bonchev–Trinajstić information content (AvgIpc) is 2.83. The van der Waals surface area contributed by atoms with E-state index in [1.807, 2.05) is 43.3 Å². The molecule has 3 rings (SSSR count). The Morgan fingerprint density at radius 3 is 2.47 bits per heavy atom. The molecule has 0 aliphatic carbocycles. The Hall–Kier alpha value is -2.25. The topological polar surface area (TPSA) is 74.2 Å². The van der Waals surface area contributed by atoms with Crippen LogP contribution in [0.15, 0.2) is 60.7 Å². The fourth-order valence-corrected chi connectivity index (χ4v) is 3.94. The molecule has 4 atom stereocenters. The van der Waals surface area contributed by atoms with Gasteiger partial charge < -0.3 is 24.1 Å². The smallest absolute Gasteiger partial charge is 0.338 e. The van der Waals surface area contributed by atoms with E-state index in [4.69, 9.17) is 18.9 Å². The van der Waals surface area contributed by atoms with Gasteiger partial charge in [0, 0.05) is 26.1 Å². The Morgan fingerprint density at radius 2 is 1.78 bits per heavy atom. The van der Waals surface area contributed by atoms with Crippen LogP contribution >= 0.6 is 0 Å². The molecule has 0 unspecified atom stereocenters. The van der Waals surface area contributed by atoms with Crippen LogP contribution in [0, 0.1) is 5.92 Å². The van der Waals surface area contributed by atoms with Crippen molar-refractivity contribution in [1.82, 2.24) is 0 Å². The molecule has 1 aliphatic rings. The number of benzene rings is 2. The van der Waals surface area contributed by atoms with Crippen LogP contribution in [0.2, 0.25) is 0 Å². The molecule has 2 aromatic carbocycles. The minimum atomic E-state index is -1.15. The molecule has 0 bridgehead atoms. The SMILES string of the molecule is CO[C@]1(COC(=O)c2ccccc2)C[C@@H](O)[C@@H](C)[C@@H](CCCCOCc2ccccc2)O1. The normalized spacial score (nSPS) is 25.4. The van der Waals surface area contributed by atoms with Gasteiger partial charge in [0.15, 0.2) is 0 Å². The third-order valence-electron chi connectivity index (χ3n) is 6.02. The van der Waals surface area contributed by atoms with Crippen molar-refractivity contribution < 1.29 is 28.8 Å². The molecule has 1 N–H and O–H groups in total. The lowest BCUT2D eigenvalue weighted by molar-refractivity contribution is -0.311. The molecule has 32 heavy (non-hydrogen) atoms. The van der Waals surface area contributed by atoms with E-state index in [9.17, 15) is 9.90 Å². The number of aliphatic hydroxyl groups excluding tert-OH is 1. The van der Waals surface area contributed by atoms with Crippen molar-refractivity contribution in [2.75, 3.05) is 20.3 Å². The van der Waals surface area contributed by atoms with Gasteiger partial charge in [0.2, 0.25) is 5.79 Å². The number of carbonyl (C=O) groups excluding carboxylic acids is 1. The van der Waals surface area contributed by atoms with Crippen molar-refractivity contribution >= 4 is 5.97 Å². The second kappa shape index (κ2) is 12.1. The third kappa shape index (κ3) is 6.87. The minimum absolute atomic E-state index is 0.0339. The highest BCUT2D eigenvalue weighted by Crippen LogP contribution is 2.36. The predicted molar refractivity (Wildman–Crippen MR) is 121 cm³/mol. The first-order valence-corrected chi connectivity index (χ1v) is 11.3. The highest BCUT2D eigenvalue weighted by atomic mass is 16.7. The number of aliphatic hydroxyl groups is 1. The number of hydrogen-bond donors (Lipinski definition) is 1. The first-order valence-electron chi connectivity index (χ1n) is 11.3. The van der Waals surface area contributed by atoms with Crippen LogP contribution < -0.4 is 0 Å². The van der Waals surface area contributed by atoms with Gasteiger partial charge in [0.25, 0.3) is 0 Å². The summed E-state index contributed by atoms with van der Waals surface area (Å²) in [6.07, 6.45) is 2.04. The molecule has 0 radical (unpaired) electrons.